The minimum atomic E-state index is 0.318. The number of epoxide rings is 1. The SMILES string of the molecule is Cc1ncc(-c2cn3ccnc3c(Nc3ccc(N4CCN(C5OC5C)CC4)cc3)n2)nc1N. The molecule has 2 fully saturated rings. The predicted octanol–water partition coefficient (Wildman–Crippen LogP) is 2.69. The van der Waals surface area contributed by atoms with Crippen molar-refractivity contribution in [3.63, 3.8) is 0 Å². The van der Waals surface area contributed by atoms with E-state index in [2.05, 4.69) is 61.3 Å². The van der Waals surface area contributed by atoms with Gasteiger partial charge >= 0.3 is 0 Å². The molecule has 10 heteroatoms. The van der Waals surface area contributed by atoms with E-state index in [1.165, 1.54) is 5.69 Å². The van der Waals surface area contributed by atoms with E-state index in [1.54, 1.807) is 12.4 Å². The standard InChI is InChI=1S/C24H27N9O/c1-15-21(25)29-19(13-27-15)20-14-33-8-7-26-23(33)22(30-20)28-17-3-5-18(6-4-17)31-9-11-32(12-10-31)24-16(2)34-24/h3-8,13-14,16,24H,9-12H2,1-2H3,(H2,25,29)(H,28,30). The van der Waals surface area contributed by atoms with Crippen molar-refractivity contribution in [3.8, 4) is 11.4 Å². The van der Waals surface area contributed by atoms with Crippen LogP contribution in [0.15, 0.2) is 49.1 Å². The molecule has 3 N–H and O–H groups in total. The Kier molecular flexibility index (Phi) is 5.04. The van der Waals surface area contributed by atoms with E-state index >= 15 is 0 Å². The lowest BCUT2D eigenvalue weighted by Crippen LogP contribution is -2.47. The van der Waals surface area contributed by atoms with Crippen LogP contribution in [-0.2, 0) is 4.74 Å². The molecule has 0 bridgehead atoms. The number of fused-ring (bicyclic) bond motifs is 1. The van der Waals surface area contributed by atoms with Crippen molar-refractivity contribution in [3.05, 3.63) is 54.7 Å². The first-order valence-corrected chi connectivity index (χ1v) is 11.5. The van der Waals surface area contributed by atoms with Gasteiger partial charge < -0.3 is 25.1 Å². The van der Waals surface area contributed by atoms with Crippen molar-refractivity contribution in [2.75, 3.05) is 42.1 Å². The van der Waals surface area contributed by atoms with E-state index in [9.17, 15) is 0 Å². The summed E-state index contributed by atoms with van der Waals surface area (Å²) in [5.41, 5.74) is 10.8. The van der Waals surface area contributed by atoms with Crippen LogP contribution in [0, 0.1) is 6.92 Å². The average molecular weight is 458 g/mol. The van der Waals surface area contributed by atoms with Crippen molar-refractivity contribution >= 4 is 28.7 Å². The lowest BCUT2D eigenvalue weighted by molar-refractivity contribution is 0.166. The van der Waals surface area contributed by atoms with Crippen molar-refractivity contribution in [1.29, 1.82) is 0 Å². The second-order valence-corrected chi connectivity index (χ2v) is 8.79. The van der Waals surface area contributed by atoms with Gasteiger partial charge in [-0.1, -0.05) is 0 Å². The third-order valence-electron chi connectivity index (χ3n) is 6.48. The van der Waals surface area contributed by atoms with Crippen LogP contribution in [0.2, 0.25) is 0 Å². The van der Waals surface area contributed by atoms with Gasteiger partial charge in [0.25, 0.3) is 0 Å². The average Bonchev–Trinajstić information content (AvgIpc) is 3.39. The number of hydrogen-bond acceptors (Lipinski definition) is 9. The summed E-state index contributed by atoms with van der Waals surface area (Å²) in [7, 11) is 0. The van der Waals surface area contributed by atoms with E-state index in [1.807, 2.05) is 23.7 Å². The topological polar surface area (TPSA) is 113 Å². The highest BCUT2D eigenvalue weighted by atomic mass is 16.6. The fourth-order valence-corrected chi connectivity index (χ4v) is 4.41. The first-order chi connectivity index (χ1) is 16.5. The van der Waals surface area contributed by atoms with E-state index < -0.39 is 0 Å². The van der Waals surface area contributed by atoms with E-state index in [4.69, 9.17) is 15.5 Å². The Morgan fingerprint density at radius 2 is 1.79 bits per heavy atom. The van der Waals surface area contributed by atoms with Crippen molar-refractivity contribution < 1.29 is 4.74 Å². The number of benzene rings is 1. The number of piperazine rings is 1. The number of nitrogen functional groups attached to an aromatic ring is 1. The second kappa shape index (κ2) is 8.23. The highest BCUT2D eigenvalue weighted by Crippen LogP contribution is 2.29. The normalized spacial score (nSPS) is 20.6. The van der Waals surface area contributed by atoms with Gasteiger partial charge in [-0.15, -0.1) is 0 Å². The van der Waals surface area contributed by atoms with Gasteiger partial charge in [0.05, 0.1) is 18.0 Å². The molecule has 4 aromatic rings. The Labute approximate surface area is 197 Å². The maximum atomic E-state index is 5.97. The Balaban J connectivity index is 1.21. The molecule has 1 aromatic carbocycles. The summed E-state index contributed by atoms with van der Waals surface area (Å²) in [6.45, 7) is 8.01. The Morgan fingerprint density at radius 3 is 2.50 bits per heavy atom. The molecule has 0 spiro atoms. The molecule has 0 radical (unpaired) electrons. The molecule has 2 unspecified atom stereocenters. The zero-order valence-corrected chi connectivity index (χ0v) is 19.2. The summed E-state index contributed by atoms with van der Waals surface area (Å²) < 4.78 is 7.53. The Bertz CT molecular complexity index is 1330. The Hall–Kier alpha value is -3.76. The molecule has 2 aliphatic heterocycles. The highest BCUT2D eigenvalue weighted by molar-refractivity contribution is 5.73. The quantitative estimate of drug-likeness (QED) is 0.437. The van der Waals surface area contributed by atoms with Gasteiger partial charge in [0.1, 0.15) is 23.4 Å². The first-order valence-electron chi connectivity index (χ1n) is 11.5. The van der Waals surface area contributed by atoms with Gasteiger partial charge in [0, 0.05) is 56.1 Å². The number of imidazole rings is 1. The number of nitrogens with zero attached hydrogens (tertiary/aromatic N) is 7. The van der Waals surface area contributed by atoms with Gasteiger partial charge in [0.15, 0.2) is 11.5 Å². The summed E-state index contributed by atoms with van der Waals surface area (Å²) >= 11 is 0. The third-order valence-corrected chi connectivity index (χ3v) is 6.48. The fraction of sp³-hybridized carbons (Fsp3) is 0.333. The molecule has 2 aliphatic rings. The lowest BCUT2D eigenvalue weighted by Gasteiger charge is -2.35. The number of aryl methyl sites for hydroxylation is 1. The summed E-state index contributed by atoms with van der Waals surface area (Å²) in [4.78, 5) is 22.8. The van der Waals surface area contributed by atoms with Gasteiger partial charge in [-0.05, 0) is 38.1 Å². The number of anilines is 4. The Morgan fingerprint density at radius 1 is 1.03 bits per heavy atom. The number of rotatable bonds is 5. The summed E-state index contributed by atoms with van der Waals surface area (Å²) in [5, 5.41) is 3.42. The van der Waals surface area contributed by atoms with Crippen LogP contribution < -0.4 is 16.0 Å². The maximum Gasteiger partial charge on any atom is 0.180 e. The molecule has 2 saturated heterocycles. The first kappa shape index (κ1) is 20.8. The van der Waals surface area contributed by atoms with Gasteiger partial charge in [-0.25, -0.2) is 15.0 Å². The zero-order chi connectivity index (χ0) is 23.2. The van der Waals surface area contributed by atoms with Gasteiger partial charge in [-0.2, -0.15) is 0 Å². The minimum absolute atomic E-state index is 0.318. The molecular weight excluding hydrogens is 430 g/mol. The zero-order valence-electron chi connectivity index (χ0n) is 19.2. The van der Waals surface area contributed by atoms with E-state index in [0.717, 1.165) is 37.5 Å². The molecule has 0 amide bonds. The van der Waals surface area contributed by atoms with Crippen molar-refractivity contribution in [2.24, 2.45) is 0 Å². The second-order valence-electron chi connectivity index (χ2n) is 8.79. The van der Waals surface area contributed by atoms with Crippen LogP contribution in [-0.4, -0.2) is 67.7 Å². The molecule has 0 aliphatic carbocycles. The van der Waals surface area contributed by atoms with Crippen molar-refractivity contribution in [2.45, 2.75) is 26.2 Å². The van der Waals surface area contributed by atoms with Crippen LogP contribution in [0.25, 0.3) is 17.0 Å². The smallest absolute Gasteiger partial charge is 0.180 e. The third kappa shape index (κ3) is 3.91. The molecule has 3 aromatic heterocycles. The van der Waals surface area contributed by atoms with E-state index in [0.29, 0.717) is 41.0 Å². The van der Waals surface area contributed by atoms with Crippen LogP contribution in [0.3, 0.4) is 0 Å². The summed E-state index contributed by atoms with van der Waals surface area (Å²) in [5.74, 6) is 1.04. The number of nitrogens with one attached hydrogen (secondary N) is 1. The largest absolute Gasteiger partial charge is 0.382 e. The molecular formula is C24H27N9O. The number of aromatic nitrogens is 5. The van der Waals surface area contributed by atoms with E-state index in [-0.39, 0.29) is 0 Å². The molecule has 5 heterocycles. The lowest BCUT2D eigenvalue weighted by atomic mass is 10.2. The van der Waals surface area contributed by atoms with Gasteiger partial charge in [-0.3, -0.25) is 9.88 Å². The maximum absolute atomic E-state index is 5.97. The summed E-state index contributed by atoms with van der Waals surface area (Å²) in [6.07, 6.45) is 7.89. The predicted molar refractivity (Wildman–Crippen MR) is 131 cm³/mol. The summed E-state index contributed by atoms with van der Waals surface area (Å²) in [6, 6.07) is 8.44. The molecule has 10 nitrogen and oxygen atoms in total. The monoisotopic (exact) mass is 457 g/mol. The number of ether oxygens (including phenoxy) is 1. The number of hydrogen-bond donors (Lipinski definition) is 2. The molecule has 174 valence electrons. The molecule has 2 atom stereocenters. The van der Waals surface area contributed by atoms with Crippen LogP contribution in [0.5, 0.6) is 0 Å². The highest BCUT2D eigenvalue weighted by Gasteiger charge is 2.40. The molecule has 0 saturated carbocycles. The molecule has 34 heavy (non-hydrogen) atoms. The number of nitrogens with two attached hydrogens (primary N) is 1. The van der Waals surface area contributed by atoms with Crippen LogP contribution in [0.4, 0.5) is 23.0 Å². The van der Waals surface area contributed by atoms with Crippen molar-refractivity contribution in [1.82, 2.24) is 29.2 Å². The van der Waals surface area contributed by atoms with Crippen LogP contribution in [0.1, 0.15) is 12.6 Å². The fourth-order valence-electron chi connectivity index (χ4n) is 4.41. The van der Waals surface area contributed by atoms with Crippen LogP contribution >= 0.6 is 0 Å². The van der Waals surface area contributed by atoms with Gasteiger partial charge in [0.2, 0.25) is 0 Å². The minimum Gasteiger partial charge on any atom is -0.382 e. The molecule has 6 rings (SSSR count).